The van der Waals surface area contributed by atoms with Crippen molar-refractivity contribution in [3.8, 4) is 11.3 Å². The first-order valence-corrected chi connectivity index (χ1v) is 9.64. The molecule has 5 heteroatoms. The molecule has 0 radical (unpaired) electrons. The van der Waals surface area contributed by atoms with Crippen LogP contribution in [0.2, 0.25) is 0 Å². The molecule has 0 unspecified atom stereocenters. The van der Waals surface area contributed by atoms with E-state index in [0.717, 1.165) is 66.8 Å². The van der Waals surface area contributed by atoms with Gasteiger partial charge in [0.25, 0.3) is 0 Å². The second-order valence-corrected chi connectivity index (χ2v) is 7.78. The van der Waals surface area contributed by atoms with Crippen LogP contribution in [0.25, 0.3) is 22.2 Å². The van der Waals surface area contributed by atoms with Crippen molar-refractivity contribution in [3.05, 3.63) is 54.6 Å². The van der Waals surface area contributed by atoms with Crippen LogP contribution in [0.15, 0.2) is 48.9 Å². The highest BCUT2D eigenvalue weighted by molar-refractivity contribution is 5.88. The Morgan fingerprint density at radius 1 is 1.07 bits per heavy atom. The predicted octanol–water partition coefficient (Wildman–Crippen LogP) is 3.29. The van der Waals surface area contributed by atoms with Crippen molar-refractivity contribution < 1.29 is 4.79 Å². The zero-order valence-electron chi connectivity index (χ0n) is 15.3. The topological polar surface area (TPSA) is 59.0 Å². The molecule has 3 fully saturated rings. The van der Waals surface area contributed by atoms with E-state index in [1.54, 1.807) is 6.20 Å². The number of piperidine rings is 3. The molecule has 0 atom stereocenters. The number of Topliss-reactive ketones (excluding diaryl/α,β-unsaturated/α-hetero) is 1. The molecule has 5 nitrogen and oxygen atoms in total. The minimum atomic E-state index is -0.115. The van der Waals surface area contributed by atoms with E-state index >= 15 is 0 Å². The fraction of sp³-hybridized carbons (Fsp3) is 0.364. The van der Waals surface area contributed by atoms with E-state index < -0.39 is 0 Å². The molecule has 6 heterocycles. The molecule has 27 heavy (non-hydrogen) atoms. The molecular formula is C22H22N4O. The lowest BCUT2D eigenvalue weighted by Crippen LogP contribution is -2.52. The minimum Gasteiger partial charge on any atom is -0.303 e. The molecule has 0 N–H and O–H groups in total. The van der Waals surface area contributed by atoms with Crippen LogP contribution in [0.3, 0.4) is 0 Å². The Bertz CT molecular complexity index is 980. The van der Waals surface area contributed by atoms with E-state index in [4.69, 9.17) is 4.98 Å². The Balaban J connectivity index is 1.43. The van der Waals surface area contributed by atoms with Crippen LogP contribution < -0.4 is 0 Å². The molecular weight excluding hydrogens is 336 g/mol. The number of nitrogens with zero attached hydrogens (tertiary/aromatic N) is 4. The second kappa shape index (κ2) is 6.50. The molecule has 6 rings (SSSR count). The predicted molar refractivity (Wildman–Crippen MR) is 104 cm³/mol. The number of pyridine rings is 3. The summed E-state index contributed by atoms with van der Waals surface area (Å²) in [6.07, 6.45) is 8.82. The van der Waals surface area contributed by atoms with E-state index in [9.17, 15) is 4.79 Å². The van der Waals surface area contributed by atoms with E-state index in [0.29, 0.717) is 12.2 Å². The van der Waals surface area contributed by atoms with Crippen molar-refractivity contribution in [1.29, 1.82) is 0 Å². The van der Waals surface area contributed by atoms with Gasteiger partial charge < -0.3 is 4.90 Å². The van der Waals surface area contributed by atoms with Crippen LogP contribution in [-0.4, -0.2) is 45.3 Å². The van der Waals surface area contributed by atoms with Gasteiger partial charge in [0.15, 0.2) is 0 Å². The number of hydrogen-bond donors (Lipinski definition) is 0. The van der Waals surface area contributed by atoms with E-state index in [-0.39, 0.29) is 5.41 Å². The molecule has 0 aromatic carbocycles. The summed E-state index contributed by atoms with van der Waals surface area (Å²) >= 11 is 0. The highest BCUT2D eigenvalue weighted by atomic mass is 16.1. The highest BCUT2D eigenvalue weighted by Gasteiger charge is 2.44. The largest absolute Gasteiger partial charge is 0.303 e. The lowest BCUT2D eigenvalue weighted by molar-refractivity contribution is -0.135. The fourth-order valence-electron chi connectivity index (χ4n) is 4.43. The standard InChI is InChI=1S/C22H22N4O/c27-21(22-5-9-26(10-6-22)11-7-22)13-18-12-20-17(15-24-18)3-4-19(25-20)16-2-1-8-23-14-16/h1-4,8,12,14-15H,5-7,9-11,13H2. The van der Waals surface area contributed by atoms with E-state index in [2.05, 4.69) is 14.9 Å². The summed E-state index contributed by atoms with van der Waals surface area (Å²) in [4.78, 5) is 29.0. The number of ketones is 1. The van der Waals surface area contributed by atoms with Crippen LogP contribution in [0.4, 0.5) is 0 Å². The molecule has 3 aromatic heterocycles. The second-order valence-electron chi connectivity index (χ2n) is 7.78. The Morgan fingerprint density at radius 2 is 1.89 bits per heavy atom. The quantitative estimate of drug-likeness (QED) is 0.716. The van der Waals surface area contributed by atoms with E-state index in [1.165, 1.54) is 0 Å². The van der Waals surface area contributed by atoms with Crippen LogP contribution in [-0.2, 0) is 11.2 Å². The van der Waals surface area contributed by atoms with Gasteiger partial charge in [-0.3, -0.25) is 14.8 Å². The summed E-state index contributed by atoms with van der Waals surface area (Å²) in [5, 5.41) is 0.989. The Morgan fingerprint density at radius 3 is 2.63 bits per heavy atom. The third kappa shape index (κ3) is 3.02. The Labute approximate surface area is 158 Å². The van der Waals surface area contributed by atoms with Gasteiger partial charge in [0.05, 0.1) is 11.2 Å². The number of rotatable bonds is 4. The zero-order valence-corrected chi connectivity index (χ0v) is 15.3. The van der Waals surface area contributed by atoms with Gasteiger partial charge in [0.2, 0.25) is 0 Å². The Hall–Kier alpha value is -2.66. The third-order valence-electron chi connectivity index (χ3n) is 6.24. The Kier molecular flexibility index (Phi) is 3.97. The van der Waals surface area contributed by atoms with Crippen LogP contribution in [0.5, 0.6) is 0 Å². The van der Waals surface area contributed by atoms with Crippen LogP contribution >= 0.6 is 0 Å². The van der Waals surface area contributed by atoms with Crippen molar-refractivity contribution in [3.63, 3.8) is 0 Å². The number of hydrogen-bond acceptors (Lipinski definition) is 5. The maximum atomic E-state index is 13.1. The van der Waals surface area contributed by atoms with Crippen molar-refractivity contribution in [2.75, 3.05) is 19.6 Å². The van der Waals surface area contributed by atoms with Crippen LogP contribution in [0.1, 0.15) is 25.0 Å². The van der Waals surface area contributed by atoms with Crippen molar-refractivity contribution in [2.24, 2.45) is 5.41 Å². The van der Waals surface area contributed by atoms with Gasteiger partial charge in [-0.05, 0) is 69.2 Å². The maximum Gasteiger partial charge on any atom is 0.145 e. The first-order chi connectivity index (χ1) is 13.2. The van der Waals surface area contributed by atoms with Crippen molar-refractivity contribution in [1.82, 2.24) is 19.9 Å². The molecule has 0 amide bonds. The summed E-state index contributed by atoms with van der Waals surface area (Å²) in [7, 11) is 0. The lowest BCUT2D eigenvalue weighted by Gasteiger charge is -2.47. The summed E-state index contributed by atoms with van der Waals surface area (Å²) in [6, 6.07) is 9.90. The average Bonchev–Trinajstić information content (AvgIpc) is 2.75. The van der Waals surface area contributed by atoms with Crippen LogP contribution in [0, 0.1) is 5.41 Å². The van der Waals surface area contributed by atoms with Gasteiger partial charge in [-0.2, -0.15) is 0 Å². The van der Waals surface area contributed by atoms with Gasteiger partial charge in [-0.25, -0.2) is 4.98 Å². The molecule has 2 bridgehead atoms. The molecule has 3 aliphatic rings. The number of carbonyl (C=O) groups is 1. The average molecular weight is 358 g/mol. The van der Waals surface area contributed by atoms with Crippen molar-refractivity contribution >= 4 is 16.7 Å². The normalized spacial score (nSPS) is 24.2. The summed E-state index contributed by atoms with van der Waals surface area (Å²) in [5.41, 5.74) is 3.46. The van der Waals surface area contributed by atoms with Gasteiger partial charge in [-0.1, -0.05) is 0 Å². The van der Waals surface area contributed by atoms with Crippen molar-refractivity contribution in [2.45, 2.75) is 25.7 Å². The molecule has 0 aliphatic carbocycles. The summed E-state index contributed by atoms with van der Waals surface area (Å²) < 4.78 is 0. The molecule has 0 saturated carbocycles. The lowest BCUT2D eigenvalue weighted by atomic mass is 9.68. The SMILES string of the molecule is O=C(Cc1cc2nc(-c3cccnc3)ccc2cn1)C12CCN(CC1)CC2. The number of aromatic nitrogens is 3. The molecule has 0 spiro atoms. The summed E-state index contributed by atoms with van der Waals surface area (Å²) in [5.74, 6) is 0.358. The highest BCUT2D eigenvalue weighted by Crippen LogP contribution is 2.41. The zero-order chi connectivity index (χ0) is 18.3. The molecule has 136 valence electrons. The van der Waals surface area contributed by atoms with E-state index in [1.807, 2.05) is 42.7 Å². The van der Waals surface area contributed by atoms with Gasteiger partial charge in [-0.15, -0.1) is 0 Å². The van der Waals surface area contributed by atoms with Gasteiger partial charge >= 0.3 is 0 Å². The third-order valence-corrected chi connectivity index (χ3v) is 6.24. The van der Waals surface area contributed by atoms with Gasteiger partial charge in [0.1, 0.15) is 5.78 Å². The number of carbonyl (C=O) groups excluding carboxylic acids is 1. The number of fused-ring (bicyclic) bond motifs is 4. The smallest absolute Gasteiger partial charge is 0.145 e. The van der Waals surface area contributed by atoms with Gasteiger partial charge in [0, 0.05) is 47.1 Å². The first kappa shape index (κ1) is 16.5. The molecule has 3 saturated heterocycles. The minimum absolute atomic E-state index is 0.115. The first-order valence-electron chi connectivity index (χ1n) is 9.64. The molecule has 3 aromatic rings. The molecule has 3 aliphatic heterocycles. The fourth-order valence-corrected chi connectivity index (χ4v) is 4.43. The summed E-state index contributed by atoms with van der Waals surface area (Å²) in [6.45, 7) is 3.19. The monoisotopic (exact) mass is 358 g/mol. The maximum absolute atomic E-state index is 13.1.